The number of benzene rings is 2. The SMILES string of the molecule is CN=C(NCc1ccc(CN2CCCC2=O)cc1)NCC1(c2ccccc2)CCCC1. The molecule has 31 heavy (non-hydrogen) atoms. The van der Waals surface area contributed by atoms with E-state index in [0.717, 1.165) is 38.6 Å². The van der Waals surface area contributed by atoms with Gasteiger partial charge in [0, 0.05) is 45.1 Å². The predicted octanol–water partition coefficient (Wildman–Crippen LogP) is 3.99. The van der Waals surface area contributed by atoms with E-state index >= 15 is 0 Å². The van der Waals surface area contributed by atoms with E-state index < -0.39 is 0 Å². The highest BCUT2D eigenvalue weighted by atomic mass is 16.2. The van der Waals surface area contributed by atoms with Crippen LogP contribution in [0.1, 0.15) is 55.2 Å². The Labute approximate surface area is 186 Å². The first-order valence-corrected chi connectivity index (χ1v) is 11.5. The fraction of sp³-hybridized carbons (Fsp3) is 0.462. The van der Waals surface area contributed by atoms with E-state index in [-0.39, 0.29) is 11.3 Å². The highest BCUT2D eigenvalue weighted by molar-refractivity contribution is 5.79. The lowest BCUT2D eigenvalue weighted by Gasteiger charge is -2.30. The van der Waals surface area contributed by atoms with Crippen LogP contribution in [-0.4, -0.2) is 36.9 Å². The van der Waals surface area contributed by atoms with Gasteiger partial charge in [0.15, 0.2) is 5.96 Å². The highest BCUT2D eigenvalue weighted by Crippen LogP contribution is 2.40. The fourth-order valence-corrected chi connectivity index (χ4v) is 4.92. The van der Waals surface area contributed by atoms with Crippen LogP contribution < -0.4 is 10.6 Å². The molecule has 1 aliphatic heterocycles. The van der Waals surface area contributed by atoms with Crippen LogP contribution in [0.25, 0.3) is 0 Å². The molecule has 2 aromatic rings. The third-order valence-electron chi connectivity index (χ3n) is 6.79. The normalized spacial score (nSPS) is 18.4. The molecule has 0 spiro atoms. The number of guanidine groups is 1. The number of likely N-dealkylation sites (tertiary alicyclic amines) is 1. The first-order chi connectivity index (χ1) is 15.2. The summed E-state index contributed by atoms with van der Waals surface area (Å²) in [6, 6.07) is 19.4. The van der Waals surface area contributed by atoms with Gasteiger partial charge in [-0.15, -0.1) is 0 Å². The second-order valence-electron chi connectivity index (χ2n) is 8.87. The largest absolute Gasteiger partial charge is 0.356 e. The Morgan fingerprint density at radius 3 is 2.32 bits per heavy atom. The monoisotopic (exact) mass is 418 g/mol. The van der Waals surface area contributed by atoms with Crippen molar-refractivity contribution in [3.8, 4) is 0 Å². The maximum Gasteiger partial charge on any atom is 0.222 e. The van der Waals surface area contributed by atoms with Crippen LogP contribution >= 0.6 is 0 Å². The van der Waals surface area contributed by atoms with Crippen LogP contribution in [0.5, 0.6) is 0 Å². The summed E-state index contributed by atoms with van der Waals surface area (Å²) in [7, 11) is 1.83. The summed E-state index contributed by atoms with van der Waals surface area (Å²) in [6.45, 7) is 3.23. The van der Waals surface area contributed by atoms with Crippen molar-refractivity contribution in [2.75, 3.05) is 20.1 Å². The van der Waals surface area contributed by atoms with Crippen LogP contribution in [-0.2, 0) is 23.3 Å². The molecular weight excluding hydrogens is 384 g/mol. The Bertz CT molecular complexity index is 885. The molecule has 0 atom stereocenters. The van der Waals surface area contributed by atoms with Crippen LogP contribution in [0, 0.1) is 0 Å². The van der Waals surface area contributed by atoms with E-state index in [2.05, 4.69) is 70.2 Å². The van der Waals surface area contributed by atoms with E-state index in [9.17, 15) is 4.79 Å². The van der Waals surface area contributed by atoms with Crippen LogP contribution in [0.4, 0.5) is 0 Å². The van der Waals surface area contributed by atoms with Crippen molar-refractivity contribution in [2.24, 2.45) is 4.99 Å². The summed E-state index contributed by atoms with van der Waals surface area (Å²) >= 11 is 0. The number of hydrogen-bond acceptors (Lipinski definition) is 2. The summed E-state index contributed by atoms with van der Waals surface area (Å²) in [5.74, 6) is 1.12. The average molecular weight is 419 g/mol. The summed E-state index contributed by atoms with van der Waals surface area (Å²) in [6.07, 6.45) is 6.71. The second kappa shape index (κ2) is 9.99. The highest BCUT2D eigenvalue weighted by Gasteiger charge is 2.35. The number of hydrogen-bond donors (Lipinski definition) is 2. The number of nitrogens with one attached hydrogen (secondary N) is 2. The lowest BCUT2D eigenvalue weighted by Crippen LogP contribution is -2.44. The average Bonchev–Trinajstić information content (AvgIpc) is 3.45. The molecule has 1 saturated heterocycles. The number of aliphatic imine (C=N–C) groups is 1. The molecule has 0 radical (unpaired) electrons. The molecule has 1 aliphatic carbocycles. The standard InChI is InChI=1S/C26H34N4O/c1-27-25(29-20-26(15-5-6-16-26)23-8-3-2-4-9-23)28-18-21-11-13-22(14-12-21)19-30-17-7-10-24(30)31/h2-4,8-9,11-14H,5-7,10,15-20H2,1H3,(H2,27,28,29). The van der Waals surface area contributed by atoms with Gasteiger partial charge in [0.1, 0.15) is 0 Å². The van der Waals surface area contributed by atoms with Crippen molar-refractivity contribution in [1.82, 2.24) is 15.5 Å². The number of amides is 1. The first-order valence-electron chi connectivity index (χ1n) is 11.5. The van der Waals surface area contributed by atoms with Gasteiger partial charge in [0.05, 0.1) is 0 Å². The van der Waals surface area contributed by atoms with Gasteiger partial charge in [-0.2, -0.15) is 0 Å². The lowest BCUT2D eigenvalue weighted by atomic mass is 9.79. The summed E-state index contributed by atoms with van der Waals surface area (Å²) in [5, 5.41) is 7.03. The molecule has 0 bridgehead atoms. The minimum Gasteiger partial charge on any atom is -0.356 e. The molecule has 4 rings (SSSR count). The zero-order valence-electron chi connectivity index (χ0n) is 18.6. The summed E-state index contributed by atoms with van der Waals surface area (Å²) in [4.78, 5) is 18.2. The molecule has 1 heterocycles. The number of carbonyl (C=O) groups excluding carboxylic acids is 1. The van der Waals surface area contributed by atoms with E-state index in [0.29, 0.717) is 6.42 Å². The van der Waals surface area contributed by atoms with Crippen molar-refractivity contribution in [1.29, 1.82) is 0 Å². The topological polar surface area (TPSA) is 56.7 Å². The Balaban J connectivity index is 1.30. The second-order valence-corrected chi connectivity index (χ2v) is 8.87. The van der Waals surface area contributed by atoms with Crippen molar-refractivity contribution in [2.45, 2.75) is 57.0 Å². The zero-order valence-corrected chi connectivity index (χ0v) is 18.6. The molecule has 2 N–H and O–H groups in total. The Hall–Kier alpha value is -2.82. The summed E-state index contributed by atoms with van der Waals surface area (Å²) in [5.41, 5.74) is 4.03. The van der Waals surface area contributed by atoms with Crippen molar-refractivity contribution in [3.63, 3.8) is 0 Å². The number of rotatable bonds is 7. The van der Waals surface area contributed by atoms with Crippen LogP contribution in [0.15, 0.2) is 59.6 Å². The lowest BCUT2D eigenvalue weighted by molar-refractivity contribution is -0.128. The van der Waals surface area contributed by atoms with Gasteiger partial charge < -0.3 is 15.5 Å². The molecule has 2 aliphatic rings. The van der Waals surface area contributed by atoms with Gasteiger partial charge >= 0.3 is 0 Å². The summed E-state index contributed by atoms with van der Waals surface area (Å²) < 4.78 is 0. The number of nitrogens with zero attached hydrogens (tertiary/aromatic N) is 2. The molecule has 2 aromatic carbocycles. The van der Waals surface area contributed by atoms with Crippen molar-refractivity contribution < 1.29 is 4.79 Å². The Morgan fingerprint density at radius 1 is 0.968 bits per heavy atom. The molecule has 0 unspecified atom stereocenters. The molecule has 164 valence electrons. The molecule has 1 amide bonds. The van der Waals surface area contributed by atoms with Crippen molar-refractivity contribution >= 4 is 11.9 Å². The molecule has 5 heteroatoms. The van der Waals surface area contributed by atoms with Gasteiger partial charge in [0.25, 0.3) is 0 Å². The first kappa shape index (κ1) is 21.4. The molecule has 0 aromatic heterocycles. The van der Waals surface area contributed by atoms with E-state index in [1.807, 2.05) is 11.9 Å². The molecule has 5 nitrogen and oxygen atoms in total. The molecule has 2 fully saturated rings. The minimum absolute atomic E-state index is 0.202. The zero-order chi connectivity index (χ0) is 21.5. The third kappa shape index (κ3) is 5.27. The molecule has 1 saturated carbocycles. The van der Waals surface area contributed by atoms with Gasteiger partial charge in [-0.05, 0) is 36.0 Å². The molecular formula is C26H34N4O. The maximum atomic E-state index is 11.8. The predicted molar refractivity (Wildman–Crippen MR) is 126 cm³/mol. The quantitative estimate of drug-likeness (QED) is 0.528. The van der Waals surface area contributed by atoms with Gasteiger partial charge in [-0.3, -0.25) is 9.79 Å². The smallest absolute Gasteiger partial charge is 0.222 e. The van der Waals surface area contributed by atoms with Crippen LogP contribution in [0.3, 0.4) is 0 Å². The van der Waals surface area contributed by atoms with Crippen molar-refractivity contribution in [3.05, 3.63) is 71.3 Å². The van der Waals surface area contributed by atoms with Crippen LogP contribution in [0.2, 0.25) is 0 Å². The Morgan fingerprint density at radius 2 is 1.68 bits per heavy atom. The van der Waals surface area contributed by atoms with Gasteiger partial charge in [0.2, 0.25) is 5.91 Å². The Kier molecular flexibility index (Phi) is 6.90. The van der Waals surface area contributed by atoms with E-state index in [1.165, 1.54) is 42.4 Å². The minimum atomic E-state index is 0.202. The van der Waals surface area contributed by atoms with Gasteiger partial charge in [-0.25, -0.2) is 0 Å². The van der Waals surface area contributed by atoms with Gasteiger partial charge in [-0.1, -0.05) is 67.4 Å². The van der Waals surface area contributed by atoms with E-state index in [1.54, 1.807) is 0 Å². The fourth-order valence-electron chi connectivity index (χ4n) is 4.92. The maximum absolute atomic E-state index is 11.8. The third-order valence-corrected chi connectivity index (χ3v) is 6.79. The van der Waals surface area contributed by atoms with E-state index in [4.69, 9.17) is 0 Å². The number of carbonyl (C=O) groups is 1.